The van der Waals surface area contributed by atoms with E-state index in [0.717, 1.165) is 16.8 Å². The lowest BCUT2D eigenvalue weighted by molar-refractivity contribution is -0.108. The van der Waals surface area contributed by atoms with Gasteiger partial charge >= 0.3 is 18.2 Å². The number of halogens is 5. The van der Waals surface area contributed by atoms with Crippen molar-refractivity contribution in [3.05, 3.63) is 22.2 Å². The Hall–Kier alpha value is -2.79. The zero-order valence-electron chi connectivity index (χ0n) is 14.9. The van der Waals surface area contributed by atoms with Crippen LogP contribution in [0.2, 0.25) is 0 Å². The van der Waals surface area contributed by atoms with Gasteiger partial charge in [0.1, 0.15) is 11.2 Å². The molecular formula is C13H12F5N5O5S2. The lowest BCUT2D eigenvalue weighted by atomic mass is 10.3. The van der Waals surface area contributed by atoms with Gasteiger partial charge in [0.05, 0.1) is 19.1 Å². The van der Waals surface area contributed by atoms with E-state index in [-0.39, 0.29) is 17.4 Å². The Labute approximate surface area is 169 Å². The molecule has 0 radical (unpaired) electrons. The summed E-state index contributed by atoms with van der Waals surface area (Å²) in [5.41, 5.74) is 0. The van der Waals surface area contributed by atoms with Crippen molar-refractivity contribution in [1.29, 1.82) is 0 Å². The maximum absolute atomic E-state index is 13.8. The highest BCUT2D eigenvalue weighted by Gasteiger charge is 2.40. The van der Waals surface area contributed by atoms with Crippen LogP contribution < -0.4 is 10.0 Å². The molecular weight excluding hydrogens is 465 g/mol. The summed E-state index contributed by atoms with van der Waals surface area (Å²) in [6.45, 7) is 0. The number of hydroxylamine groups is 2. The number of hydrogen-bond donors (Lipinski definition) is 2. The van der Waals surface area contributed by atoms with E-state index in [2.05, 4.69) is 9.98 Å². The van der Waals surface area contributed by atoms with Crippen LogP contribution in [0.15, 0.2) is 32.2 Å². The summed E-state index contributed by atoms with van der Waals surface area (Å²) in [4.78, 5) is 22.0. The third-order valence-electron chi connectivity index (χ3n) is 3.16. The first-order valence-corrected chi connectivity index (χ1v) is 9.79. The zero-order valence-corrected chi connectivity index (χ0v) is 16.5. The van der Waals surface area contributed by atoms with Gasteiger partial charge < -0.3 is 4.74 Å². The average Bonchev–Trinajstić information content (AvgIpc) is 3.16. The lowest BCUT2D eigenvalue weighted by Gasteiger charge is -2.23. The number of nitrogens with zero attached hydrogens (tertiary/aromatic N) is 3. The van der Waals surface area contributed by atoms with E-state index in [1.807, 2.05) is 5.32 Å². The van der Waals surface area contributed by atoms with E-state index >= 15 is 0 Å². The molecule has 10 nitrogen and oxygen atoms in total. The molecule has 2 amide bonds. The molecule has 2 N–H and O–H groups in total. The van der Waals surface area contributed by atoms with Crippen molar-refractivity contribution >= 4 is 45.6 Å². The number of carbonyl (C=O) groups excluding carboxylic acids is 1. The molecule has 1 aromatic rings. The van der Waals surface area contributed by atoms with Crippen molar-refractivity contribution in [3.63, 3.8) is 0 Å². The number of urea groups is 1. The molecule has 1 aliphatic rings. The highest BCUT2D eigenvalue weighted by Crippen LogP contribution is 2.38. The fourth-order valence-electron chi connectivity index (χ4n) is 1.92. The summed E-state index contributed by atoms with van der Waals surface area (Å²) in [7, 11) is -2.39. The molecule has 166 valence electrons. The molecule has 1 unspecified atom stereocenters. The van der Waals surface area contributed by atoms with Crippen molar-refractivity contribution in [3.8, 4) is 0 Å². The number of thiophene rings is 1. The van der Waals surface area contributed by atoms with E-state index in [1.54, 1.807) is 0 Å². The molecule has 0 spiro atoms. The van der Waals surface area contributed by atoms with Gasteiger partial charge in [0, 0.05) is 0 Å². The van der Waals surface area contributed by atoms with Crippen molar-refractivity contribution in [1.82, 2.24) is 15.1 Å². The van der Waals surface area contributed by atoms with Gasteiger partial charge in [0.25, 0.3) is 10.0 Å². The number of aliphatic imine (C=N–C) groups is 2. The first-order valence-electron chi connectivity index (χ1n) is 7.42. The van der Waals surface area contributed by atoms with Crippen LogP contribution in [0.25, 0.3) is 5.83 Å². The zero-order chi connectivity index (χ0) is 22.7. The minimum absolute atomic E-state index is 0.143. The van der Waals surface area contributed by atoms with Crippen LogP contribution >= 0.6 is 11.3 Å². The number of allylic oxidation sites excluding steroid dienone is 1. The number of rotatable bonds is 5. The summed E-state index contributed by atoms with van der Waals surface area (Å²) in [6, 6.07) is -0.842. The van der Waals surface area contributed by atoms with Crippen LogP contribution in [0.1, 0.15) is 4.88 Å². The largest absolute Gasteiger partial charge is 0.467 e. The summed E-state index contributed by atoms with van der Waals surface area (Å²) in [5, 5.41) is 3.90. The number of methoxy groups -OCH3 is 1. The molecule has 2 heterocycles. The summed E-state index contributed by atoms with van der Waals surface area (Å²) in [6.07, 6.45) is -5.95. The number of alkyl halides is 3. The lowest BCUT2D eigenvalue weighted by Crippen LogP contribution is -2.46. The van der Waals surface area contributed by atoms with E-state index in [0.29, 0.717) is 6.07 Å². The van der Waals surface area contributed by atoms with E-state index < -0.39 is 49.9 Å². The van der Waals surface area contributed by atoms with Gasteiger partial charge in [0.15, 0.2) is 5.83 Å². The second-order valence-electron chi connectivity index (χ2n) is 5.08. The fourth-order valence-corrected chi connectivity index (χ4v) is 4.19. The molecule has 0 fully saturated rings. The molecule has 17 heteroatoms. The van der Waals surface area contributed by atoms with Crippen LogP contribution in [0.5, 0.6) is 0 Å². The van der Waals surface area contributed by atoms with Crippen LogP contribution in [0.4, 0.5) is 26.7 Å². The van der Waals surface area contributed by atoms with E-state index in [9.17, 15) is 35.2 Å². The van der Waals surface area contributed by atoms with Gasteiger partial charge in [0.2, 0.25) is 12.1 Å². The number of hydrogen-bond acceptors (Lipinski definition) is 9. The third kappa shape index (κ3) is 5.22. The quantitative estimate of drug-likeness (QED) is 0.627. The summed E-state index contributed by atoms with van der Waals surface area (Å²) >= 11 is 0.193. The van der Waals surface area contributed by atoms with Crippen molar-refractivity contribution in [2.75, 3.05) is 14.2 Å². The predicted molar refractivity (Wildman–Crippen MR) is 93.9 cm³/mol. The number of amides is 2. The third-order valence-corrected chi connectivity index (χ3v) is 5.57. The molecule has 0 aromatic carbocycles. The molecule has 0 saturated heterocycles. The molecule has 1 aliphatic heterocycles. The predicted octanol–water partition coefficient (Wildman–Crippen LogP) is 2.10. The number of ether oxygens (including phenoxy) is 1. The number of amidine groups is 1. The first kappa shape index (κ1) is 23.5. The van der Waals surface area contributed by atoms with Gasteiger partial charge in [-0.2, -0.15) is 27.6 Å². The molecule has 2 rings (SSSR count). The summed E-state index contributed by atoms with van der Waals surface area (Å²) in [5.74, 6) is -5.53. The molecule has 1 aromatic heterocycles. The smallest absolute Gasteiger partial charge is 0.445 e. The van der Waals surface area contributed by atoms with Crippen molar-refractivity contribution < 1.29 is 44.7 Å². The Bertz CT molecular complexity index is 1000. The fraction of sp³-hybridized carbons (Fsp3) is 0.308. The van der Waals surface area contributed by atoms with Gasteiger partial charge in [-0.1, -0.05) is 0 Å². The van der Waals surface area contributed by atoms with Crippen LogP contribution in [0, 0.1) is 0 Å². The van der Waals surface area contributed by atoms with Crippen LogP contribution in [-0.2, 0) is 19.6 Å². The number of carbonyl (C=O) groups is 1. The SMILES string of the molecule is COC1=NC(NC(=O)NS(=O)(=O)c2ccsc2/C(F)=C(/F)C(F)(F)F)N=CN1OC. The normalized spacial score (nSPS) is 17.9. The van der Waals surface area contributed by atoms with E-state index in [1.165, 1.54) is 18.9 Å². The Balaban J connectivity index is 2.20. The molecule has 30 heavy (non-hydrogen) atoms. The van der Waals surface area contributed by atoms with Gasteiger partial charge in [-0.15, -0.1) is 11.3 Å². The molecule has 1 atom stereocenters. The highest BCUT2D eigenvalue weighted by molar-refractivity contribution is 7.90. The number of sulfonamides is 1. The first-order chi connectivity index (χ1) is 13.9. The average molecular weight is 477 g/mol. The Morgan fingerprint density at radius 2 is 1.97 bits per heavy atom. The topological polar surface area (TPSA) is 122 Å². The van der Waals surface area contributed by atoms with Crippen LogP contribution in [-0.4, -0.2) is 58.6 Å². The van der Waals surface area contributed by atoms with Crippen LogP contribution in [0.3, 0.4) is 0 Å². The van der Waals surface area contributed by atoms with Crippen molar-refractivity contribution in [2.24, 2.45) is 9.98 Å². The summed E-state index contributed by atoms with van der Waals surface area (Å²) < 4.78 is 94.9. The molecule has 0 aliphatic carbocycles. The standard InChI is InChI=1S/C13H12F5N5O5S2/c1-27-12-21-10(19-5-23(12)28-2)20-11(24)22-30(25,26)6-3-4-29-8(6)7(14)9(15)13(16,17)18/h3-5,10H,1-2H3,(H2,20,22,24)/b9-7-. The minimum Gasteiger partial charge on any atom is -0.467 e. The highest BCUT2D eigenvalue weighted by atomic mass is 32.2. The molecule has 0 saturated carbocycles. The number of nitrogens with one attached hydrogen (secondary N) is 2. The second-order valence-corrected chi connectivity index (χ2v) is 7.65. The Morgan fingerprint density at radius 1 is 1.30 bits per heavy atom. The van der Waals surface area contributed by atoms with Gasteiger partial charge in [-0.25, -0.2) is 27.3 Å². The van der Waals surface area contributed by atoms with E-state index in [4.69, 9.17) is 9.57 Å². The maximum atomic E-state index is 13.8. The van der Waals surface area contributed by atoms with Crippen molar-refractivity contribution in [2.45, 2.75) is 17.4 Å². The maximum Gasteiger partial charge on any atom is 0.445 e. The Kier molecular flexibility index (Phi) is 6.99. The second kappa shape index (κ2) is 8.92. The van der Waals surface area contributed by atoms with Gasteiger partial charge in [-0.05, 0) is 11.4 Å². The minimum atomic E-state index is -5.66. The van der Waals surface area contributed by atoms with Gasteiger partial charge in [-0.3, -0.25) is 10.2 Å². The Morgan fingerprint density at radius 3 is 2.53 bits per heavy atom. The monoisotopic (exact) mass is 477 g/mol. The molecule has 0 bridgehead atoms.